The van der Waals surface area contributed by atoms with E-state index in [4.69, 9.17) is 16.3 Å². The Bertz CT molecular complexity index is 1760. The zero-order chi connectivity index (χ0) is 33.4. The first kappa shape index (κ1) is 34.0. The van der Waals surface area contributed by atoms with Gasteiger partial charge in [-0.25, -0.2) is 8.42 Å². The van der Waals surface area contributed by atoms with Gasteiger partial charge in [-0.1, -0.05) is 78.9 Å². The monoisotopic (exact) mass is 673 g/mol. The summed E-state index contributed by atoms with van der Waals surface area (Å²) in [5, 5.41) is 3.61. The van der Waals surface area contributed by atoms with E-state index in [1.807, 2.05) is 43.3 Å². The van der Waals surface area contributed by atoms with Crippen LogP contribution < -0.4 is 14.4 Å². The smallest absolute Gasteiger partial charge is 0.264 e. The number of sulfonamides is 1. The Kier molecular flexibility index (Phi) is 11.2. The number of carbonyl (C=O) groups excluding carboxylic acids is 2. The van der Waals surface area contributed by atoms with Crippen LogP contribution >= 0.6 is 11.6 Å². The molecule has 1 aliphatic rings. The van der Waals surface area contributed by atoms with Crippen molar-refractivity contribution in [3.8, 4) is 11.5 Å². The number of para-hydroxylation sites is 1. The summed E-state index contributed by atoms with van der Waals surface area (Å²) in [6, 6.07) is 28.5. The molecule has 4 aromatic carbocycles. The largest absolute Gasteiger partial charge is 0.457 e. The highest BCUT2D eigenvalue weighted by molar-refractivity contribution is 7.92. The Hall–Kier alpha value is -4.34. The summed E-state index contributed by atoms with van der Waals surface area (Å²) in [4.78, 5) is 29.3. The molecule has 0 bridgehead atoms. The lowest BCUT2D eigenvalue weighted by Gasteiger charge is -2.33. The molecule has 1 fully saturated rings. The van der Waals surface area contributed by atoms with Crippen LogP contribution in [0.1, 0.15) is 50.2 Å². The zero-order valence-electron chi connectivity index (χ0n) is 26.6. The molecule has 1 saturated carbocycles. The Labute approximate surface area is 282 Å². The summed E-state index contributed by atoms with van der Waals surface area (Å²) in [6.07, 6.45) is 5.03. The average molecular weight is 674 g/mol. The highest BCUT2D eigenvalue weighted by atomic mass is 35.5. The lowest BCUT2D eigenvalue weighted by atomic mass is 9.95. The van der Waals surface area contributed by atoms with E-state index in [1.54, 1.807) is 61.5 Å². The van der Waals surface area contributed by atoms with Crippen molar-refractivity contribution < 1.29 is 22.7 Å². The summed E-state index contributed by atoms with van der Waals surface area (Å²) in [6.45, 7) is 3.09. The van der Waals surface area contributed by atoms with E-state index in [1.165, 1.54) is 17.0 Å². The van der Waals surface area contributed by atoms with Crippen molar-refractivity contribution in [1.82, 2.24) is 10.2 Å². The molecule has 0 aromatic heterocycles. The minimum Gasteiger partial charge on any atom is -0.457 e. The third-order valence-electron chi connectivity index (χ3n) is 8.35. The number of hydrogen-bond donors (Lipinski definition) is 1. The van der Waals surface area contributed by atoms with Gasteiger partial charge >= 0.3 is 0 Å². The summed E-state index contributed by atoms with van der Waals surface area (Å²) >= 11 is 6.27. The van der Waals surface area contributed by atoms with Crippen molar-refractivity contribution in [3.05, 3.63) is 119 Å². The molecular formula is C37H40ClN3O5S. The minimum atomic E-state index is -4.20. The minimum absolute atomic E-state index is 0.0463. The number of anilines is 1. The third-order valence-corrected chi connectivity index (χ3v) is 10.4. The maximum absolute atomic E-state index is 14.3. The van der Waals surface area contributed by atoms with E-state index in [0.717, 1.165) is 47.5 Å². The summed E-state index contributed by atoms with van der Waals surface area (Å²) in [5.74, 6) is 0.338. The first-order valence-electron chi connectivity index (χ1n) is 15.9. The van der Waals surface area contributed by atoms with Gasteiger partial charge in [0.25, 0.3) is 10.0 Å². The van der Waals surface area contributed by atoms with Crippen LogP contribution in [0, 0.1) is 6.92 Å². The van der Waals surface area contributed by atoms with Crippen molar-refractivity contribution in [2.75, 3.05) is 10.8 Å². The number of nitrogens with zero attached hydrogens (tertiary/aromatic N) is 2. The predicted octanol–water partition coefficient (Wildman–Crippen LogP) is 7.50. The number of aryl methyl sites for hydroxylation is 1. The molecule has 5 rings (SSSR count). The van der Waals surface area contributed by atoms with Gasteiger partial charge in [-0.3, -0.25) is 13.9 Å². The highest BCUT2D eigenvalue weighted by Crippen LogP contribution is 2.29. The second kappa shape index (κ2) is 15.5. The van der Waals surface area contributed by atoms with Gasteiger partial charge in [-0.2, -0.15) is 0 Å². The number of carbonyl (C=O) groups is 2. The number of amides is 2. The van der Waals surface area contributed by atoms with Crippen LogP contribution in [0.5, 0.6) is 11.5 Å². The molecule has 0 saturated heterocycles. The molecule has 0 aliphatic heterocycles. The van der Waals surface area contributed by atoms with Gasteiger partial charge in [0.15, 0.2) is 0 Å². The molecule has 1 N–H and O–H groups in total. The van der Waals surface area contributed by atoms with Crippen molar-refractivity contribution >= 4 is 39.1 Å². The normalized spacial score (nSPS) is 14.2. The number of nitrogens with one attached hydrogen (secondary N) is 1. The van der Waals surface area contributed by atoms with Gasteiger partial charge in [0.2, 0.25) is 11.8 Å². The van der Waals surface area contributed by atoms with Crippen molar-refractivity contribution in [1.29, 1.82) is 0 Å². The van der Waals surface area contributed by atoms with Crippen LogP contribution in [-0.2, 0) is 26.2 Å². The SMILES string of the molecule is Cc1ccc(S(=O)(=O)N(CC(=O)N(Cc2cccc(Cl)c2)[C@@H](C)C(=O)NC2CCCCC2)c2ccc(Oc3ccccc3)cc2)cc1. The summed E-state index contributed by atoms with van der Waals surface area (Å²) in [5.41, 5.74) is 1.90. The quantitative estimate of drug-likeness (QED) is 0.168. The number of rotatable bonds is 12. The summed E-state index contributed by atoms with van der Waals surface area (Å²) in [7, 11) is -4.20. The van der Waals surface area contributed by atoms with Crippen molar-refractivity contribution in [3.63, 3.8) is 0 Å². The maximum atomic E-state index is 14.3. The molecule has 0 unspecified atom stereocenters. The van der Waals surface area contributed by atoms with Gasteiger partial charge in [0.05, 0.1) is 10.6 Å². The zero-order valence-corrected chi connectivity index (χ0v) is 28.2. The van der Waals surface area contributed by atoms with Gasteiger partial charge in [-0.15, -0.1) is 0 Å². The molecule has 10 heteroatoms. The van der Waals surface area contributed by atoms with Crippen LogP contribution in [-0.4, -0.2) is 43.8 Å². The Morgan fingerprint density at radius 3 is 2.19 bits per heavy atom. The van der Waals surface area contributed by atoms with E-state index in [0.29, 0.717) is 16.5 Å². The molecule has 0 spiro atoms. The maximum Gasteiger partial charge on any atom is 0.264 e. The Balaban J connectivity index is 1.46. The Morgan fingerprint density at radius 1 is 0.872 bits per heavy atom. The van der Waals surface area contributed by atoms with Gasteiger partial charge < -0.3 is 15.0 Å². The van der Waals surface area contributed by atoms with Crippen molar-refractivity contribution in [2.45, 2.75) is 69.5 Å². The van der Waals surface area contributed by atoms with E-state index in [-0.39, 0.29) is 29.1 Å². The topological polar surface area (TPSA) is 96.0 Å². The number of ether oxygens (including phenoxy) is 1. The third kappa shape index (κ3) is 8.93. The second-order valence-electron chi connectivity index (χ2n) is 11.9. The van der Waals surface area contributed by atoms with Crippen LogP contribution in [0.2, 0.25) is 5.02 Å². The molecule has 0 radical (unpaired) electrons. The van der Waals surface area contributed by atoms with Crippen LogP contribution in [0.4, 0.5) is 5.69 Å². The van der Waals surface area contributed by atoms with E-state index in [2.05, 4.69) is 5.32 Å². The molecule has 4 aromatic rings. The lowest BCUT2D eigenvalue weighted by Crippen LogP contribution is -2.53. The predicted molar refractivity (Wildman–Crippen MR) is 185 cm³/mol. The molecule has 1 aliphatic carbocycles. The van der Waals surface area contributed by atoms with E-state index >= 15 is 0 Å². The molecule has 2 amide bonds. The summed E-state index contributed by atoms with van der Waals surface area (Å²) < 4.78 is 35.3. The van der Waals surface area contributed by atoms with Gasteiger partial charge in [-0.05, 0) is 92.9 Å². The van der Waals surface area contributed by atoms with Gasteiger partial charge in [0, 0.05) is 17.6 Å². The molecular weight excluding hydrogens is 634 g/mol. The van der Waals surface area contributed by atoms with Gasteiger partial charge in [0.1, 0.15) is 24.1 Å². The first-order valence-corrected chi connectivity index (χ1v) is 17.7. The number of hydrogen-bond acceptors (Lipinski definition) is 5. The van der Waals surface area contributed by atoms with Crippen LogP contribution in [0.25, 0.3) is 0 Å². The van der Waals surface area contributed by atoms with Crippen LogP contribution in [0.15, 0.2) is 108 Å². The van der Waals surface area contributed by atoms with Crippen LogP contribution in [0.3, 0.4) is 0 Å². The standard InChI is InChI=1S/C37H40ClN3O5S/c1-27-16-22-35(23-17-27)47(44,45)41(32-18-20-34(21-19-32)46-33-14-7-4-8-15-33)26-36(42)40(25-29-10-9-11-30(38)24-29)28(2)37(43)39-31-12-5-3-6-13-31/h4,7-11,14-24,28,31H,3,5-6,12-13,25-26H2,1-2H3,(H,39,43)/t28-/m0/s1. The van der Waals surface area contributed by atoms with E-state index in [9.17, 15) is 18.0 Å². The molecule has 8 nitrogen and oxygen atoms in total. The molecule has 0 heterocycles. The Morgan fingerprint density at radius 2 is 1.53 bits per heavy atom. The number of halogens is 1. The fourth-order valence-corrected chi connectivity index (χ4v) is 7.28. The highest BCUT2D eigenvalue weighted by Gasteiger charge is 2.33. The average Bonchev–Trinajstić information content (AvgIpc) is 3.07. The lowest BCUT2D eigenvalue weighted by molar-refractivity contribution is -0.139. The van der Waals surface area contributed by atoms with Crippen molar-refractivity contribution in [2.24, 2.45) is 0 Å². The first-order chi connectivity index (χ1) is 22.6. The fourth-order valence-electron chi connectivity index (χ4n) is 5.65. The molecule has 1 atom stereocenters. The fraction of sp³-hybridized carbons (Fsp3) is 0.297. The molecule has 47 heavy (non-hydrogen) atoms. The molecule has 246 valence electrons. The number of benzene rings is 4. The second-order valence-corrected chi connectivity index (χ2v) is 14.2. The van der Waals surface area contributed by atoms with E-state index < -0.39 is 28.5 Å².